The van der Waals surface area contributed by atoms with Gasteiger partial charge in [0.1, 0.15) is 0 Å². The highest BCUT2D eigenvalue weighted by Crippen LogP contribution is 2.20. The van der Waals surface area contributed by atoms with Gasteiger partial charge in [-0.25, -0.2) is 0 Å². The lowest BCUT2D eigenvalue weighted by atomic mass is 9.86. The summed E-state index contributed by atoms with van der Waals surface area (Å²) in [5.41, 5.74) is 6.08. The lowest BCUT2D eigenvalue weighted by Gasteiger charge is -2.27. The monoisotopic (exact) mass is 273 g/mol. The van der Waals surface area contributed by atoms with Crippen LogP contribution in [0.5, 0.6) is 0 Å². The predicted molar refractivity (Wildman–Crippen MR) is 83.4 cm³/mol. The van der Waals surface area contributed by atoms with Crippen LogP contribution < -0.4 is 5.73 Å². The van der Waals surface area contributed by atoms with Crippen molar-refractivity contribution in [2.24, 2.45) is 11.7 Å². The maximum Gasteiger partial charge on any atom is 0.290 e. The molecule has 0 rings (SSSR count). The first-order valence-corrected chi connectivity index (χ1v) is 7.76. The van der Waals surface area contributed by atoms with E-state index in [9.17, 15) is 0 Å². The molecule has 3 N–H and O–H groups in total. The van der Waals surface area contributed by atoms with Crippen molar-refractivity contribution in [3.05, 3.63) is 0 Å². The molecule has 0 amide bonds. The van der Waals surface area contributed by atoms with Crippen LogP contribution in [0.15, 0.2) is 0 Å². The van der Waals surface area contributed by atoms with Crippen molar-refractivity contribution in [1.82, 2.24) is 0 Å². The molecule has 3 nitrogen and oxygen atoms in total. The smallest absolute Gasteiger partial charge is 0.290 e. The average Bonchev–Trinajstić information content (AvgIpc) is 2.32. The lowest BCUT2D eigenvalue weighted by Crippen LogP contribution is -2.39. The minimum atomic E-state index is -0.250. The molecule has 0 aliphatic heterocycles. The molecule has 0 aromatic rings. The molecular formula is C16H35NO2. The molecule has 0 aliphatic carbocycles. The van der Waals surface area contributed by atoms with E-state index in [2.05, 4.69) is 27.7 Å². The summed E-state index contributed by atoms with van der Waals surface area (Å²) in [6.07, 6.45) is 12.5. The summed E-state index contributed by atoms with van der Waals surface area (Å²) >= 11 is 0. The summed E-state index contributed by atoms with van der Waals surface area (Å²) in [5.74, 6) is 0.646. The standard InChI is InChI=1S/C15H33N.CH2O2/c1-5-6-7-8-9-10-11-12-13-14(2)15(3,4)16;2-1-3/h14H,5-13,16H2,1-4H3;1H,(H,2,3). The highest BCUT2D eigenvalue weighted by atomic mass is 16.3. The molecule has 0 spiro atoms. The fourth-order valence-electron chi connectivity index (χ4n) is 1.96. The molecule has 0 bridgehead atoms. The zero-order valence-electron chi connectivity index (χ0n) is 13.5. The third kappa shape index (κ3) is 17.4. The van der Waals surface area contributed by atoms with Crippen molar-refractivity contribution < 1.29 is 9.90 Å². The minimum Gasteiger partial charge on any atom is -0.483 e. The molecule has 19 heavy (non-hydrogen) atoms. The van der Waals surface area contributed by atoms with Gasteiger partial charge in [0, 0.05) is 5.54 Å². The molecule has 3 heteroatoms. The van der Waals surface area contributed by atoms with E-state index in [0.717, 1.165) is 0 Å². The molecule has 116 valence electrons. The largest absolute Gasteiger partial charge is 0.483 e. The highest BCUT2D eigenvalue weighted by Gasteiger charge is 2.19. The molecule has 0 aromatic carbocycles. The first kappa shape index (κ1) is 20.7. The first-order chi connectivity index (χ1) is 8.90. The van der Waals surface area contributed by atoms with Crippen LogP contribution >= 0.6 is 0 Å². The van der Waals surface area contributed by atoms with Gasteiger partial charge in [-0.2, -0.15) is 0 Å². The second-order valence-corrected chi connectivity index (χ2v) is 6.09. The third-order valence-electron chi connectivity index (χ3n) is 3.76. The van der Waals surface area contributed by atoms with E-state index in [-0.39, 0.29) is 12.0 Å². The molecule has 0 saturated carbocycles. The number of carboxylic acid groups (broad SMARTS) is 1. The summed E-state index contributed by atoms with van der Waals surface area (Å²) in [7, 11) is 0. The van der Waals surface area contributed by atoms with Gasteiger partial charge in [0.2, 0.25) is 0 Å². The van der Waals surface area contributed by atoms with Crippen molar-refractivity contribution in [2.75, 3.05) is 0 Å². The maximum absolute atomic E-state index is 8.36. The zero-order chi connectivity index (χ0) is 15.1. The second-order valence-electron chi connectivity index (χ2n) is 6.09. The highest BCUT2D eigenvalue weighted by molar-refractivity contribution is 5.32. The van der Waals surface area contributed by atoms with E-state index < -0.39 is 0 Å². The van der Waals surface area contributed by atoms with E-state index in [1.165, 1.54) is 57.8 Å². The summed E-state index contributed by atoms with van der Waals surface area (Å²) in [6.45, 7) is 8.59. The van der Waals surface area contributed by atoms with Crippen LogP contribution in [0.25, 0.3) is 0 Å². The van der Waals surface area contributed by atoms with Crippen LogP contribution in [-0.4, -0.2) is 17.1 Å². The maximum atomic E-state index is 8.36. The summed E-state index contributed by atoms with van der Waals surface area (Å²) in [6, 6.07) is 0. The molecule has 0 aromatic heterocycles. The Balaban J connectivity index is 0. The molecular weight excluding hydrogens is 238 g/mol. The Morgan fingerprint density at radius 3 is 1.79 bits per heavy atom. The van der Waals surface area contributed by atoms with E-state index in [4.69, 9.17) is 15.6 Å². The van der Waals surface area contributed by atoms with Crippen LogP contribution in [0, 0.1) is 5.92 Å². The number of carbonyl (C=O) groups is 1. The zero-order valence-corrected chi connectivity index (χ0v) is 13.5. The van der Waals surface area contributed by atoms with Crippen molar-refractivity contribution in [2.45, 2.75) is 91.0 Å². The Morgan fingerprint density at radius 1 is 1.05 bits per heavy atom. The van der Waals surface area contributed by atoms with Crippen LogP contribution in [0.1, 0.15) is 85.5 Å². The Morgan fingerprint density at radius 2 is 1.42 bits per heavy atom. The van der Waals surface area contributed by atoms with E-state index in [0.29, 0.717) is 5.92 Å². The molecule has 0 fully saturated rings. The number of hydrogen-bond donors (Lipinski definition) is 2. The molecule has 0 heterocycles. The Labute approximate surface area is 120 Å². The number of unbranched alkanes of at least 4 members (excludes halogenated alkanes) is 7. The average molecular weight is 273 g/mol. The van der Waals surface area contributed by atoms with Gasteiger partial charge in [0.15, 0.2) is 0 Å². The van der Waals surface area contributed by atoms with E-state index >= 15 is 0 Å². The minimum absolute atomic E-state index is 0.00112. The number of rotatable bonds is 10. The Kier molecular flexibility index (Phi) is 15.1. The number of nitrogens with two attached hydrogens (primary N) is 1. The lowest BCUT2D eigenvalue weighted by molar-refractivity contribution is -0.122. The second kappa shape index (κ2) is 13.9. The van der Waals surface area contributed by atoms with Gasteiger partial charge < -0.3 is 10.8 Å². The van der Waals surface area contributed by atoms with E-state index in [1.807, 2.05) is 0 Å². The Hall–Kier alpha value is -0.570. The van der Waals surface area contributed by atoms with Gasteiger partial charge in [-0.05, 0) is 26.2 Å². The van der Waals surface area contributed by atoms with Gasteiger partial charge in [-0.3, -0.25) is 4.79 Å². The van der Waals surface area contributed by atoms with Gasteiger partial charge >= 0.3 is 0 Å². The summed E-state index contributed by atoms with van der Waals surface area (Å²) in [5, 5.41) is 6.89. The summed E-state index contributed by atoms with van der Waals surface area (Å²) < 4.78 is 0. The topological polar surface area (TPSA) is 63.3 Å². The van der Waals surface area contributed by atoms with Gasteiger partial charge in [-0.1, -0.05) is 65.2 Å². The summed E-state index contributed by atoms with van der Waals surface area (Å²) in [4.78, 5) is 8.36. The first-order valence-electron chi connectivity index (χ1n) is 7.76. The third-order valence-corrected chi connectivity index (χ3v) is 3.76. The van der Waals surface area contributed by atoms with Crippen molar-refractivity contribution >= 4 is 6.47 Å². The molecule has 1 atom stereocenters. The fraction of sp³-hybridized carbons (Fsp3) is 0.938. The van der Waals surface area contributed by atoms with Crippen LogP contribution in [0.4, 0.5) is 0 Å². The quantitative estimate of drug-likeness (QED) is 0.452. The van der Waals surface area contributed by atoms with Crippen LogP contribution in [0.2, 0.25) is 0 Å². The predicted octanol–water partition coefficient (Wildman–Crippen LogP) is 4.59. The van der Waals surface area contributed by atoms with Crippen molar-refractivity contribution in [3.8, 4) is 0 Å². The van der Waals surface area contributed by atoms with Crippen molar-refractivity contribution in [3.63, 3.8) is 0 Å². The normalized spacial score (nSPS) is 12.5. The SMILES string of the molecule is CCCCCCCCCCC(C)C(C)(C)N.O=CO. The Bertz CT molecular complexity index is 188. The van der Waals surface area contributed by atoms with Gasteiger partial charge in [0.25, 0.3) is 6.47 Å². The van der Waals surface area contributed by atoms with E-state index in [1.54, 1.807) is 0 Å². The molecule has 1 unspecified atom stereocenters. The van der Waals surface area contributed by atoms with Crippen LogP contribution in [-0.2, 0) is 4.79 Å². The van der Waals surface area contributed by atoms with Crippen molar-refractivity contribution in [1.29, 1.82) is 0 Å². The molecule has 0 saturated heterocycles. The van der Waals surface area contributed by atoms with Gasteiger partial charge in [-0.15, -0.1) is 0 Å². The molecule has 0 aliphatic rings. The van der Waals surface area contributed by atoms with Gasteiger partial charge in [0.05, 0.1) is 0 Å². The number of hydrogen-bond acceptors (Lipinski definition) is 2. The van der Waals surface area contributed by atoms with Crippen LogP contribution in [0.3, 0.4) is 0 Å². The molecule has 0 radical (unpaired) electrons. The fourth-order valence-corrected chi connectivity index (χ4v) is 1.96.